The smallest absolute Gasteiger partial charge is 0.317 e. The fourth-order valence-electron chi connectivity index (χ4n) is 4.45. The number of carboxylic acids is 1. The van der Waals surface area contributed by atoms with Gasteiger partial charge >= 0.3 is 5.97 Å². The maximum absolute atomic E-state index is 12.1. The van der Waals surface area contributed by atoms with E-state index >= 15 is 0 Å². The number of nitrogens with zero attached hydrogens (tertiary/aromatic N) is 4. The number of carbonyl (C=O) groups is 1. The predicted octanol–water partition coefficient (Wildman–Crippen LogP) is 1.86. The fourth-order valence-corrected chi connectivity index (χ4v) is 4.45. The molecule has 3 aliphatic rings. The number of aromatic nitrogens is 4. The van der Waals surface area contributed by atoms with Gasteiger partial charge in [0.25, 0.3) is 5.56 Å². The molecule has 26 heavy (non-hydrogen) atoms. The summed E-state index contributed by atoms with van der Waals surface area (Å²) >= 11 is 0. The van der Waals surface area contributed by atoms with Crippen molar-refractivity contribution in [1.29, 1.82) is 0 Å². The Balaban J connectivity index is 1.64. The summed E-state index contributed by atoms with van der Waals surface area (Å²) in [7, 11) is 1.68. The Bertz CT molecular complexity index is 1100. The average Bonchev–Trinajstić information content (AvgIpc) is 2.97. The third-order valence-electron chi connectivity index (χ3n) is 6.06. The molecule has 3 fully saturated rings. The molecule has 7 heteroatoms. The molecule has 2 heterocycles. The number of pyridine rings is 1. The minimum atomic E-state index is -0.976. The molecule has 1 aromatic carbocycles. The summed E-state index contributed by atoms with van der Waals surface area (Å²) < 4.78 is 3.38. The Morgan fingerprint density at radius 2 is 2.04 bits per heavy atom. The molecule has 3 saturated carbocycles. The van der Waals surface area contributed by atoms with Crippen LogP contribution >= 0.6 is 0 Å². The Hall–Kier alpha value is -2.96. The van der Waals surface area contributed by atoms with Gasteiger partial charge in [0.1, 0.15) is 11.6 Å². The van der Waals surface area contributed by atoms with E-state index in [1.54, 1.807) is 31.4 Å². The molecule has 1 unspecified atom stereocenters. The molecule has 2 bridgehead atoms. The lowest BCUT2D eigenvalue weighted by Crippen LogP contribution is -2.59. The summed E-state index contributed by atoms with van der Waals surface area (Å²) in [5.74, 6) is -1.09. The molecule has 132 valence electrons. The van der Waals surface area contributed by atoms with E-state index in [1.807, 2.05) is 10.7 Å². The van der Waals surface area contributed by atoms with Crippen molar-refractivity contribution in [3.05, 3.63) is 58.1 Å². The summed E-state index contributed by atoms with van der Waals surface area (Å²) in [5.41, 5.74) is 1.70. The topological polar surface area (TPSA) is 90.0 Å². The van der Waals surface area contributed by atoms with E-state index < -0.39 is 11.9 Å². The number of aliphatic carboxylic acids is 1. The highest BCUT2D eigenvalue weighted by molar-refractivity contribution is 5.90. The van der Waals surface area contributed by atoms with Crippen LogP contribution in [0.25, 0.3) is 10.9 Å². The van der Waals surface area contributed by atoms with E-state index in [0.717, 1.165) is 30.6 Å². The van der Waals surface area contributed by atoms with Crippen LogP contribution in [0.1, 0.15) is 36.4 Å². The molecule has 0 radical (unpaired) electrons. The first kappa shape index (κ1) is 15.3. The summed E-state index contributed by atoms with van der Waals surface area (Å²) in [6.45, 7) is 0. The van der Waals surface area contributed by atoms with Crippen molar-refractivity contribution in [2.24, 2.45) is 13.0 Å². The van der Waals surface area contributed by atoms with Crippen molar-refractivity contribution in [2.45, 2.75) is 30.7 Å². The quantitative estimate of drug-likeness (QED) is 0.776. The molecular weight excluding hydrogens is 332 g/mol. The third kappa shape index (κ3) is 1.94. The highest BCUT2D eigenvalue weighted by Crippen LogP contribution is 2.61. The number of hydrogen-bond donors (Lipinski definition) is 1. The van der Waals surface area contributed by atoms with Gasteiger partial charge in [0, 0.05) is 18.5 Å². The zero-order chi connectivity index (χ0) is 18.1. The van der Waals surface area contributed by atoms with Crippen LogP contribution in [0.4, 0.5) is 0 Å². The molecule has 7 nitrogen and oxygen atoms in total. The van der Waals surface area contributed by atoms with Crippen LogP contribution in [0.2, 0.25) is 0 Å². The van der Waals surface area contributed by atoms with Crippen LogP contribution in [0, 0.1) is 5.92 Å². The van der Waals surface area contributed by atoms with Gasteiger partial charge in [0.05, 0.1) is 17.3 Å². The molecule has 0 spiro atoms. The van der Waals surface area contributed by atoms with E-state index in [-0.39, 0.29) is 11.1 Å². The molecule has 0 aliphatic heterocycles. The summed E-state index contributed by atoms with van der Waals surface area (Å²) in [4.78, 5) is 24.0. The van der Waals surface area contributed by atoms with E-state index in [1.165, 1.54) is 10.6 Å². The molecule has 0 amide bonds. The molecule has 1 N–H and O–H groups in total. The van der Waals surface area contributed by atoms with Crippen LogP contribution in [-0.2, 0) is 17.4 Å². The molecule has 6 rings (SSSR count). The van der Waals surface area contributed by atoms with Crippen LogP contribution in [0.15, 0.2) is 41.3 Å². The van der Waals surface area contributed by atoms with Crippen LogP contribution in [0.5, 0.6) is 0 Å². The monoisotopic (exact) mass is 350 g/mol. The number of benzene rings is 1. The Kier molecular flexibility index (Phi) is 2.96. The Morgan fingerprint density at radius 1 is 1.27 bits per heavy atom. The lowest BCUT2D eigenvalue weighted by molar-refractivity contribution is -0.137. The van der Waals surface area contributed by atoms with Crippen LogP contribution in [0.3, 0.4) is 0 Å². The summed E-state index contributed by atoms with van der Waals surface area (Å²) in [6.07, 6.45) is 5.13. The SMILES string of the molecule is Cn1c(=O)ccc2c(C(C(=O)O)c3cn(C45CC(C4)C5)nn3)cccc21. The average molecular weight is 350 g/mol. The molecule has 3 aliphatic carbocycles. The zero-order valence-electron chi connectivity index (χ0n) is 14.3. The maximum Gasteiger partial charge on any atom is 0.317 e. The number of rotatable bonds is 4. The van der Waals surface area contributed by atoms with Crippen molar-refractivity contribution in [3.8, 4) is 0 Å². The standard InChI is InChI=1S/C19H18N4O3/c1-22-15-4-2-3-13(12(15)5-6-16(22)24)17(18(25)26)14-10-23(21-20-14)19-7-11(8-19)9-19/h2-6,10-11,17H,7-9H2,1H3,(H,25,26). The van der Waals surface area contributed by atoms with Crippen molar-refractivity contribution in [3.63, 3.8) is 0 Å². The number of fused-ring (bicyclic) bond motifs is 1. The summed E-state index contributed by atoms with van der Waals surface area (Å²) in [6, 6.07) is 8.53. The minimum absolute atomic E-state index is 0.0711. The van der Waals surface area contributed by atoms with Gasteiger partial charge in [-0.2, -0.15) is 0 Å². The highest BCUT2D eigenvalue weighted by atomic mass is 16.4. The normalized spacial score (nSPS) is 24.7. The lowest BCUT2D eigenvalue weighted by Gasteiger charge is -2.61. The maximum atomic E-state index is 12.1. The van der Waals surface area contributed by atoms with Gasteiger partial charge in [0.15, 0.2) is 0 Å². The van der Waals surface area contributed by atoms with Crippen molar-refractivity contribution < 1.29 is 9.90 Å². The van der Waals surface area contributed by atoms with E-state index in [2.05, 4.69) is 10.3 Å². The van der Waals surface area contributed by atoms with Crippen molar-refractivity contribution >= 4 is 16.9 Å². The van der Waals surface area contributed by atoms with Gasteiger partial charge < -0.3 is 9.67 Å². The van der Waals surface area contributed by atoms with Gasteiger partial charge in [-0.3, -0.25) is 9.59 Å². The molecule has 3 aromatic rings. The summed E-state index contributed by atoms with van der Waals surface area (Å²) in [5, 5.41) is 19.1. The van der Waals surface area contributed by atoms with E-state index in [0.29, 0.717) is 16.8 Å². The number of hydrogen-bond acceptors (Lipinski definition) is 4. The predicted molar refractivity (Wildman–Crippen MR) is 94.0 cm³/mol. The first-order valence-electron chi connectivity index (χ1n) is 8.73. The van der Waals surface area contributed by atoms with Gasteiger partial charge in [-0.1, -0.05) is 17.3 Å². The Morgan fingerprint density at radius 3 is 2.69 bits per heavy atom. The molecule has 1 atom stereocenters. The molecule has 2 aromatic heterocycles. The molecular formula is C19H18N4O3. The number of aryl methyl sites for hydroxylation is 1. The van der Waals surface area contributed by atoms with Crippen LogP contribution in [-0.4, -0.2) is 30.6 Å². The number of carboxylic acid groups (broad SMARTS) is 1. The van der Waals surface area contributed by atoms with Gasteiger partial charge in [-0.15, -0.1) is 5.10 Å². The van der Waals surface area contributed by atoms with Crippen molar-refractivity contribution in [1.82, 2.24) is 19.6 Å². The Labute approximate surface area is 148 Å². The lowest BCUT2D eigenvalue weighted by atomic mass is 9.50. The largest absolute Gasteiger partial charge is 0.480 e. The second-order valence-electron chi connectivity index (χ2n) is 7.57. The second-order valence-corrected chi connectivity index (χ2v) is 7.57. The molecule has 0 saturated heterocycles. The fraction of sp³-hybridized carbons (Fsp3) is 0.368. The van der Waals surface area contributed by atoms with E-state index in [4.69, 9.17) is 0 Å². The van der Waals surface area contributed by atoms with Crippen molar-refractivity contribution in [2.75, 3.05) is 0 Å². The van der Waals surface area contributed by atoms with Gasteiger partial charge in [-0.05, 0) is 42.9 Å². The zero-order valence-corrected chi connectivity index (χ0v) is 14.3. The first-order valence-corrected chi connectivity index (χ1v) is 8.73. The minimum Gasteiger partial charge on any atom is -0.480 e. The highest BCUT2D eigenvalue weighted by Gasteiger charge is 2.59. The first-order chi connectivity index (χ1) is 12.5. The van der Waals surface area contributed by atoms with E-state index in [9.17, 15) is 14.7 Å². The second kappa shape index (κ2) is 5.03. The van der Waals surface area contributed by atoms with Gasteiger partial charge in [-0.25, -0.2) is 4.68 Å². The van der Waals surface area contributed by atoms with Gasteiger partial charge in [0.2, 0.25) is 0 Å². The third-order valence-corrected chi connectivity index (χ3v) is 6.06. The van der Waals surface area contributed by atoms with Crippen LogP contribution < -0.4 is 5.56 Å².